The van der Waals surface area contributed by atoms with Crippen molar-refractivity contribution in [1.82, 2.24) is 4.98 Å². The van der Waals surface area contributed by atoms with E-state index in [1.807, 2.05) is 25.1 Å². The van der Waals surface area contributed by atoms with Gasteiger partial charge in [0.05, 0.1) is 11.5 Å². The molecule has 2 rings (SSSR count). The van der Waals surface area contributed by atoms with Crippen LogP contribution in [0.25, 0.3) is 10.9 Å². The Morgan fingerprint density at radius 3 is 2.75 bits per heavy atom. The summed E-state index contributed by atoms with van der Waals surface area (Å²) in [7, 11) is 0. The maximum absolute atomic E-state index is 10.9. The summed E-state index contributed by atoms with van der Waals surface area (Å²) in [5, 5.41) is 12.3. The molecule has 82 valence electrons. The molecule has 4 heteroatoms. The fourth-order valence-corrected chi connectivity index (χ4v) is 2.13. The largest absolute Gasteiger partial charge is 0.545 e. The van der Waals surface area contributed by atoms with Gasteiger partial charge in [-0.2, -0.15) is 0 Å². The van der Waals surface area contributed by atoms with Crippen molar-refractivity contribution in [1.29, 1.82) is 0 Å². The lowest BCUT2D eigenvalue weighted by Gasteiger charge is -2.09. The summed E-state index contributed by atoms with van der Waals surface area (Å²) in [5.41, 5.74) is 2.04. The van der Waals surface area contributed by atoms with Crippen LogP contribution in [-0.4, -0.2) is 17.2 Å². The number of hydrogen-bond acceptors (Lipinski definition) is 4. The molecule has 1 aromatic heterocycles. The Labute approximate surface area is 97.5 Å². The zero-order valence-corrected chi connectivity index (χ0v) is 9.80. The Kier molecular flexibility index (Phi) is 2.83. The molecule has 0 fully saturated rings. The summed E-state index contributed by atoms with van der Waals surface area (Å²) in [5.74, 6) is -1.18. The second-order valence-corrected chi connectivity index (χ2v) is 4.32. The van der Waals surface area contributed by atoms with Crippen LogP contribution in [0.5, 0.6) is 0 Å². The second-order valence-electron chi connectivity index (χ2n) is 3.53. The van der Waals surface area contributed by atoms with Gasteiger partial charge >= 0.3 is 0 Å². The van der Waals surface area contributed by atoms with E-state index in [-0.39, 0.29) is 5.56 Å². The van der Waals surface area contributed by atoms with E-state index in [2.05, 4.69) is 4.98 Å². The number of carboxylic acids is 1. The number of aromatic carboxylic acids is 1. The maximum atomic E-state index is 10.9. The molecular weight excluding hydrogens is 222 g/mol. The van der Waals surface area contributed by atoms with Gasteiger partial charge < -0.3 is 9.90 Å². The third kappa shape index (κ3) is 1.88. The molecular formula is C12H10NO2S-. The van der Waals surface area contributed by atoms with E-state index in [1.165, 1.54) is 11.8 Å². The maximum Gasteiger partial charge on any atom is 0.106 e. The van der Waals surface area contributed by atoms with Gasteiger partial charge in [-0.25, -0.2) is 4.98 Å². The van der Waals surface area contributed by atoms with Crippen LogP contribution in [0.1, 0.15) is 15.9 Å². The molecule has 3 nitrogen and oxygen atoms in total. The summed E-state index contributed by atoms with van der Waals surface area (Å²) in [6, 6.07) is 7.39. The number of fused-ring (bicyclic) bond motifs is 1. The number of thioether (sulfide) groups is 1. The number of aryl methyl sites for hydroxylation is 1. The summed E-state index contributed by atoms with van der Waals surface area (Å²) in [6.45, 7) is 1.96. The van der Waals surface area contributed by atoms with E-state index in [0.29, 0.717) is 5.03 Å². The first kappa shape index (κ1) is 11.0. The van der Waals surface area contributed by atoms with Gasteiger partial charge in [-0.05, 0) is 31.4 Å². The van der Waals surface area contributed by atoms with Crippen LogP contribution in [0.4, 0.5) is 0 Å². The van der Waals surface area contributed by atoms with Crippen molar-refractivity contribution in [3.63, 3.8) is 0 Å². The number of hydrogen-bond donors (Lipinski definition) is 0. The number of pyridine rings is 1. The van der Waals surface area contributed by atoms with Crippen LogP contribution < -0.4 is 5.11 Å². The highest BCUT2D eigenvalue weighted by molar-refractivity contribution is 7.98. The summed E-state index contributed by atoms with van der Waals surface area (Å²) in [6.07, 6.45) is 1.80. The lowest BCUT2D eigenvalue weighted by atomic mass is 10.1. The lowest BCUT2D eigenvalue weighted by molar-refractivity contribution is -0.255. The van der Waals surface area contributed by atoms with Crippen molar-refractivity contribution in [2.45, 2.75) is 11.9 Å². The van der Waals surface area contributed by atoms with Crippen molar-refractivity contribution in [2.24, 2.45) is 0 Å². The number of carbonyl (C=O) groups excluding carboxylic acids is 1. The zero-order valence-electron chi connectivity index (χ0n) is 8.98. The van der Waals surface area contributed by atoms with E-state index in [9.17, 15) is 9.90 Å². The normalized spacial score (nSPS) is 10.6. The predicted molar refractivity (Wildman–Crippen MR) is 62.6 cm³/mol. The van der Waals surface area contributed by atoms with Crippen LogP contribution in [-0.2, 0) is 0 Å². The van der Waals surface area contributed by atoms with Crippen molar-refractivity contribution in [3.8, 4) is 0 Å². The third-order valence-corrected chi connectivity index (χ3v) is 3.05. The molecule has 0 saturated heterocycles. The Morgan fingerprint density at radius 1 is 1.38 bits per heavy atom. The van der Waals surface area contributed by atoms with E-state index < -0.39 is 5.97 Å². The molecule has 0 saturated carbocycles. The van der Waals surface area contributed by atoms with Gasteiger partial charge in [-0.1, -0.05) is 11.6 Å². The predicted octanol–water partition coefficient (Wildman–Crippen LogP) is 1.63. The van der Waals surface area contributed by atoms with Crippen LogP contribution >= 0.6 is 11.8 Å². The number of benzene rings is 1. The molecule has 0 amide bonds. The first-order valence-corrected chi connectivity index (χ1v) is 6.01. The summed E-state index contributed by atoms with van der Waals surface area (Å²) in [4.78, 5) is 15.2. The topological polar surface area (TPSA) is 53.0 Å². The van der Waals surface area contributed by atoms with Crippen LogP contribution in [0, 0.1) is 6.92 Å². The van der Waals surface area contributed by atoms with Gasteiger partial charge in [0.2, 0.25) is 0 Å². The Hall–Kier alpha value is -1.55. The molecule has 0 unspecified atom stereocenters. The van der Waals surface area contributed by atoms with Gasteiger partial charge in [-0.3, -0.25) is 0 Å². The van der Waals surface area contributed by atoms with Crippen LogP contribution in [0.15, 0.2) is 29.3 Å². The monoisotopic (exact) mass is 232 g/mol. The Morgan fingerprint density at radius 2 is 2.12 bits per heavy atom. The zero-order chi connectivity index (χ0) is 11.7. The van der Waals surface area contributed by atoms with Gasteiger partial charge in [0.1, 0.15) is 5.03 Å². The van der Waals surface area contributed by atoms with Gasteiger partial charge in [0.25, 0.3) is 0 Å². The van der Waals surface area contributed by atoms with Crippen molar-refractivity contribution in [2.75, 3.05) is 6.26 Å². The fourth-order valence-electron chi connectivity index (χ4n) is 1.58. The van der Waals surface area contributed by atoms with Gasteiger partial charge in [0, 0.05) is 10.9 Å². The number of carboxylic acid groups (broad SMARTS) is 1. The first-order valence-electron chi connectivity index (χ1n) is 4.78. The van der Waals surface area contributed by atoms with Crippen molar-refractivity contribution >= 4 is 28.6 Å². The van der Waals surface area contributed by atoms with Crippen LogP contribution in [0.2, 0.25) is 0 Å². The minimum atomic E-state index is -1.18. The Bertz CT molecular complexity index is 566. The van der Waals surface area contributed by atoms with Crippen LogP contribution in [0.3, 0.4) is 0 Å². The van der Waals surface area contributed by atoms with Crippen molar-refractivity contribution in [3.05, 3.63) is 35.4 Å². The molecule has 0 spiro atoms. The highest BCUT2D eigenvalue weighted by Crippen LogP contribution is 2.23. The number of rotatable bonds is 2. The third-order valence-electron chi connectivity index (χ3n) is 2.35. The first-order chi connectivity index (χ1) is 7.61. The molecule has 0 radical (unpaired) electrons. The quantitative estimate of drug-likeness (QED) is 0.738. The molecule has 0 bridgehead atoms. The Balaban J connectivity index is 2.75. The number of carbonyl (C=O) groups is 1. The summed E-state index contributed by atoms with van der Waals surface area (Å²) < 4.78 is 0. The minimum Gasteiger partial charge on any atom is -0.545 e. The molecule has 1 aromatic carbocycles. The molecule has 0 N–H and O–H groups in total. The highest BCUT2D eigenvalue weighted by Gasteiger charge is 2.06. The van der Waals surface area contributed by atoms with E-state index in [4.69, 9.17) is 0 Å². The SMILES string of the molecule is CSc1nc2ccc(C)cc2cc1C(=O)[O-]. The smallest absolute Gasteiger partial charge is 0.106 e. The standard InChI is InChI=1S/C12H11NO2S/c1-7-3-4-10-8(5-7)6-9(12(14)15)11(13-10)16-2/h3-6H,1-2H3,(H,14,15)/p-1. The average molecular weight is 232 g/mol. The van der Waals surface area contributed by atoms with Gasteiger partial charge in [-0.15, -0.1) is 11.8 Å². The lowest BCUT2D eigenvalue weighted by Crippen LogP contribution is -2.23. The second kappa shape index (κ2) is 4.14. The van der Waals surface area contributed by atoms with E-state index >= 15 is 0 Å². The molecule has 0 aliphatic carbocycles. The molecule has 0 aliphatic heterocycles. The molecule has 0 aliphatic rings. The molecule has 16 heavy (non-hydrogen) atoms. The average Bonchev–Trinajstić information content (AvgIpc) is 2.27. The molecule has 0 atom stereocenters. The summed E-state index contributed by atoms with van der Waals surface area (Å²) >= 11 is 1.31. The van der Waals surface area contributed by atoms with E-state index in [1.54, 1.807) is 12.3 Å². The highest BCUT2D eigenvalue weighted by atomic mass is 32.2. The number of nitrogens with zero attached hydrogens (tertiary/aromatic N) is 1. The van der Waals surface area contributed by atoms with Gasteiger partial charge in [0.15, 0.2) is 0 Å². The molecule has 2 aromatic rings. The number of aromatic nitrogens is 1. The molecule has 1 heterocycles. The minimum absolute atomic E-state index is 0.158. The van der Waals surface area contributed by atoms with Crippen molar-refractivity contribution < 1.29 is 9.90 Å². The fraction of sp³-hybridized carbons (Fsp3) is 0.167. The van der Waals surface area contributed by atoms with E-state index in [0.717, 1.165) is 16.5 Å².